The summed E-state index contributed by atoms with van der Waals surface area (Å²) >= 11 is 6.29. The van der Waals surface area contributed by atoms with Gasteiger partial charge < -0.3 is 5.32 Å². The number of nitrogens with zero attached hydrogens (tertiary/aromatic N) is 2. The molecule has 5 heteroatoms. The highest BCUT2D eigenvalue weighted by molar-refractivity contribution is 6.32. The predicted octanol–water partition coefficient (Wildman–Crippen LogP) is 3.32. The molecule has 0 saturated heterocycles. The standard InChI is InChI=1S/C17H16ClN3O/c1-11(19-2)16-20-14-9-5-3-7-12(14)17(22)21(16)15-10-6-4-8-13(15)18/h3-11,19H,1-2H3/t11-/m0/s1. The van der Waals surface area contributed by atoms with Crippen LogP contribution in [0, 0.1) is 0 Å². The van der Waals surface area contributed by atoms with E-state index in [9.17, 15) is 4.79 Å². The molecule has 2 aromatic carbocycles. The van der Waals surface area contributed by atoms with E-state index in [4.69, 9.17) is 11.6 Å². The zero-order valence-electron chi connectivity index (χ0n) is 12.4. The summed E-state index contributed by atoms with van der Waals surface area (Å²) in [5, 5.41) is 4.24. The monoisotopic (exact) mass is 313 g/mol. The Labute approximate surface area is 133 Å². The number of halogens is 1. The lowest BCUT2D eigenvalue weighted by Gasteiger charge is -2.18. The molecule has 1 aromatic heterocycles. The van der Waals surface area contributed by atoms with Crippen LogP contribution in [0.3, 0.4) is 0 Å². The second-order valence-corrected chi connectivity index (χ2v) is 5.50. The van der Waals surface area contributed by atoms with Crippen LogP contribution in [0.2, 0.25) is 5.02 Å². The Kier molecular flexibility index (Phi) is 3.96. The van der Waals surface area contributed by atoms with Crippen LogP contribution in [-0.2, 0) is 0 Å². The first-order chi connectivity index (χ1) is 10.6. The smallest absolute Gasteiger partial charge is 0.266 e. The number of aromatic nitrogens is 2. The van der Waals surface area contributed by atoms with Gasteiger partial charge in [-0.2, -0.15) is 0 Å². The lowest BCUT2D eigenvalue weighted by molar-refractivity contribution is 0.589. The zero-order chi connectivity index (χ0) is 15.7. The molecule has 3 aromatic rings. The molecule has 1 N–H and O–H groups in total. The van der Waals surface area contributed by atoms with E-state index >= 15 is 0 Å². The molecule has 0 fully saturated rings. The van der Waals surface area contributed by atoms with Gasteiger partial charge in [-0.1, -0.05) is 35.9 Å². The van der Waals surface area contributed by atoms with Crippen molar-refractivity contribution in [3.8, 4) is 5.69 Å². The van der Waals surface area contributed by atoms with Crippen molar-refractivity contribution < 1.29 is 0 Å². The molecule has 0 aliphatic rings. The Bertz CT molecular complexity index is 888. The van der Waals surface area contributed by atoms with Crippen LogP contribution in [0.4, 0.5) is 0 Å². The van der Waals surface area contributed by atoms with E-state index in [1.165, 1.54) is 0 Å². The van der Waals surface area contributed by atoms with Crippen LogP contribution in [0.1, 0.15) is 18.8 Å². The van der Waals surface area contributed by atoms with E-state index in [0.29, 0.717) is 27.4 Å². The Morgan fingerprint density at radius 2 is 1.82 bits per heavy atom. The number of benzene rings is 2. The third-order valence-electron chi connectivity index (χ3n) is 3.72. The van der Waals surface area contributed by atoms with Crippen LogP contribution < -0.4 is 10.9 Å². The summed E-state index contributed by atoms with van der Waals surface area (Å²) in [5.41, 5.74) is 1.22. The third kappa shape index (κ3) is 2.40. The minimum absolute atomic E-state index is 0.0893. The molecule has 0 bridgehead atoms. The van der Waals surface area contributed by atoms with E-state index in [1.807, 2.05) is 50.4 Å². The Morgan fingerprint density at radius 3 is 2.55 bits per heavy atom. The summed E-state index contributed by atoms with van der Waals surface area (Å²) in [5.74, 6) is 0.638. The first kappa shape index (κ1) is 14.8. The minimum Gasteiger partial charge on any atom is -0.311 e. The molecule has 0 aliphatic carbocycles. The molecule has 0 amide bonds. The van der Waals surface area contributed by atoms with Gasteiger partial charge in [-0.15, -0.1) is 0 Å². The van der Waals surface area contributed by atoms with Crippen molar-refractivity contribution in [1.82, 2.24) is 14.9 Å². The average molecular weight is 314 g/mol. The van der Waals surface area contributed by atoms with Gasteiger partial charge in [0.1, 0.15) is 5.82 Å². The Hall–Kier alpha value is -2.17. The molecule has 4 nitrogen and oxygen atoms in total. The molecule has 0 aliphatic heterocycles. The van der Waals surface area contributed by atoms with Crippen LogP contribution in [0.5, 0.6) is 0 Å². The molecular formula is C17H16ClN3O. The molecule has 112 valence electrons. The van der Waals surface area contributed by atoms with Crippen LogP contribution in [0.15, 0.2) is 53.3 Å². The van der Waals surface area contributed by atoms with Crippen molar-refractivity contribution in [2.75, 3.05) is 7.05 Å². The molecule has 22 heavy (non-hydrogen) atoms. The van der Waals surface area contributed by atoms with E-state index < -0.39 is 0 Å². The van der Waals surface area contributed by atoms with Gasteiger partial charge in [0, 0.05) is 0 Å². The zero-order valence-corrected chi connectivity index (χ0v) is 13.1. The van der Waals surface area contributed by atoms with E-state index in [2.05, 4.69) is 10.3 Å². The van der Waals surface area contributed by atoms with Crippen molar-refractivity contribution in [2.45, 2.75) is 13.0 Å². The van der Waals surface area contributed by atoms with Gasteiger partial charge in [-0.25, -0.2) is 4.98 Å². The van der Waals surface area contributed by atoms with Crippen molar-refractivity contribution >= 4 is 22.5 Å². The largest absolute Gasteiger partial charge is 0.311 e. The molecule has 3 rings (SSSR count). The highest BCUT2D eigenvalue weighted by Gasteiger charge is 2.17. The van der Waals surface area contributed by atoms with Crippen LogP contribution in [-0.4, -0.2) is 16.6 Å². The lowest BCUT2D eigenvalue weighted by Crippen LogP contribution is -2.29. The number of rotatable bonds is 3. The second-order valence-electron chi connectivity index (χ2n) is 5.09. The molecule has 0 saturated carbocycles. The Morgan fingerprint density at radius 1 is 1.14 bits per heavy atom. The fourth-order valence-electron chi connectivity index (χ4n) is 2.44. The van der Waals surface area contributed by atoms with Gasteiger partial charge in [0.05, 0.1) is 27.7 Å². The maximum Gasteiger partial charge on any atom is 0.266 e. The van der Waals surface area contributed by atoms with Gasteiger partial charge in [0.2, 0.25) is 0 Å². The van der Waals surface area contributed by atoms with Gasteiger partial charge in [0.15, 0.2) is 0 Å². The highest BCUT2D eigenvalue weighted by atomic mass is 35.5. The molecular weight excluding hydrogens is 298 g/mol. The molecule has 1 atom stereocenters. The van der Waals surface area contributed by atoms with Crippen LogP contribution >= 0.6 is 11.6 Å². The SMILES string of the molecule is CN[C@@H](C)c1nc2ccccc2c(=O)n1-c1ccccc1Cl. The van der Waals surface area contributed by atoms with E-state index in [-0.39, 0.29) is 11.6 Å². The van der Waals surface area contributed by atoms with Crippen molar-refractivity contribution in [3.63, 3.8) is 0 Å². The number of fused-ring (bicyclic) bond motifs is 1. The Balaban J connectivity index is 2.43. The fourth-order valence-corrected chi connectivity index (χ4v) is 2.66. The van der Waals surface area contributed by atoms with Gasteiger partial charge in [-0.05, 0) is 38.2 Å². The average Bonchev–Trinajstić information content (AvgIpc) is 2.55. The molecule has 0 unspecified atom stereocenters. The highest BCUT2D eigenvalue weighted by Crippen LogP contribution is 2.23. The topological polar surface area (TPSA) is 46.9 Å². The van der Waals surface area contributed by atoms with Crippen molar-refractivity contribution in [1.29, 1.82) is 0 Å². The summed E-state index contributed by atoms with van der Waals surface area (Å²) in [6, 6.07) is 14.5. The predicted molar refractivity (Wildman–Crippen MR) is 89.8 cm³/mol. The van der Waals surface area contributed by atoms with Gasteiger partial charge in [0.25, 0.3) is 5.56 Å². The second kappa shape index (κ2) is 5.91. The summed E-state index contributed by atoms with van der Waals surface area (Å²) in [6.45, 7) is 1.96. The van der Waals surface area contributed by atoms with E-state index in [0.717, 1.165) is 0 Å². The third-order valence-corrected chi connectivity index (χ3v) is 4.03. The fraction of sp³-hybridized carbons (Fsp3) is 0.176. The minimum atomic E-state index is -0.115. The normalized spacial score (nSPS) is 12.5. The van der Waals surface area contributed by atoms with E-state index in [1.54, 1.807) is 16.7 Å². The number of hydrogen-bond donors (Lipinski definition) is 1. The lowest BCUT2D eigenvalue weighted by atomic mass is 10.2. The van der Waals surface area contributed by atoms with Crippen molar-refractivity contribution in [3.05, 3.63) is 69.7 Å². The first-order valence-corrected chi connectivity index (χ1v) is 7.45. The van der Waals surface area contributed by atoms with Gasteiger partial charge in [-0.3, -0.25) is 9.36 Å². The summed E-state index contributed by atoms with van der Waals surface area (Å²) in [7, 11) is 1.84. The molecule has 0 radical (unpaired) electrons. The molecule has 0 spiro atoms. The number of para-hydroxylation sites is 2. The number of nitrogens with one attached hydrogen (secondary N) is 1. The first-order valence-electron chi connectivity index (χ1n) is 7.07. The van der Waals surface area contributed by atoms with Crippen molar-refractivity contribution in [2.24, 2.45) is 0 Å². The quantitative estimate of drug-likeness (QED) is 0.807. The summed E-state index contributed by atoms with van der Waals surface area (Å²) in [4.78, 5) is 17.6. The van der Waals surface area contributed by atoms with Gasteiger partial charge >= 0.3 is 0 Å². The maximum atomic E-state index is 13.0. The van der Waals surface area contributed by atoms with Crippen LogP contribution in [0.25, 0.3) is 16.6 Å². The molecule has 1 heterocycles. The maximum absolute atomic E-state index is 13.0. The summed E-state index contributed by atoms with van der Waals surface area (Å²) < 4.78 is 1.59. The summed E-state index contributed by atoms with van der Waals surface area (Å²) in [6.07, 6.45) is 0. The number of hydrogen-bond acceptors (Lipinski definition) is 3.